The molecule has 0 spiro atoms. The summed E-state index contributed by atoms with van der Waals surface area (Å²) in [5.74, 6) is -0.218. The summed E-state index contributed by atoms with van der Waals surface area (Å²) >= 11 is 5.72. The van der Waals surface area contributed by atoms with Crippen LogP contribution in [0, 0.1) is 6.92 Å². The zero-order valence-electron chi connectivity index (χ0n) is 15.0. The van der Waals surface area contributed by atoms with Crippen LogP contribution in [0.25, 0.3) is 0 Å². The van der Waals surface area contributed by atoms with Crippen LogP contribution in [0.2, 0.25) is 0 Å². The van der Waals surface area contributed by atoms with E-state index < -0.39 is 0 Å². The number of hydrogen-bond acceptors (Lipinski definition) is 6. The number of nitrogens with one attached hydrogen (secondary N) is 1. The third-order valence-corrected chi connectivity index (χ3v) is 3.22. The summed E-state index contributed by atoms with van der Waals surface area (Å²) in [4.78, 5) is 21.1. The molecule has 0 unspecified atom stereocenters. The zero-order chi connectivity index (χ0) is 19.8. The van der Waals surface area contributed by atoms with Gasteiger partial charge in [0.2, 0.25) is 6.41 Å². The van der Waals surface area contributed by atoms with Crippen LogP contribution in [0.1, 0.15) is 38.1 Å². The fraction of sp³-hybridized carbons (Fsp3) is 0.412. The topological polar surface area (TPSA) is 94.3 Å². The number of hydrogen-bond donors (Lipinski definition) is 1. The van der Waals surface area contributed by atoms with Crippen LogP contribution < -0.4 is 5.32 Å². The summed E-state index contributed by atoms with van der Waals surface area (Å²) in [5, 5.41) is 10.2. The fourth-order valence-corrected chi connectivity index (χ4v) is 1.66. The normalized spacial score (nSPS) is 11.7. The van der Waals surface area contributed by atoms with Crippen molar-refractivity contribution in [1.29, 1.82) is 0 Å². The Morgan fingerprint density at radius 1 is 1.38 bits per heavy atom. The summed E-state index contributed by atoms with van der Waals surface area (Å²) in [5.41, 5.74) is 1.90. The fourth-order valence-electron chi connectivity index (χ4n) is 1.55. The van der Waals surface area contributed by atoms with Gasteiger partial charge in [-0.15, -0.1) is 0 Å². The molecule has 0 fully saturated rings. The number of halogens is 2. The smallest absolute Gasteiger partial charge is 0.306 e. The Morgan fingerprint density at radius 2 is 2.12 bits per heavy atom. The van der Waals surface area contributed by atoms with E-state index in [9.17, 15) is 14.0 Å². The third-order valence-electron chi connectivity index (χ3n) is 2.84. The predicted molar refractivity (Wildman–Crippen MR) is 95.7 cm³/mol. The van der Waals surface area contributed by atoms with Crippen LogP contribution in [-0.2, 0) is 20.7 Å². The molecule has 0 saturated carbocycles. The van der Waals surface area contributed by atoms with Gasteiger partial charge < -0.3 is 10.1 Å². The van der Waals surface area contributed by atoms with E-state index in [-0.39, 0.29) is 5.97 Å². The van der Waals surface area contributed by atoms with Gasteiger partial charge in [-0.25, -0.2) is 9.02 Å². The van der Waals surface area contributed by atoms with Crippen LogP contribution in [-0.4, -0.2) is 29.3 Å². The molecule has 0 bridgehead atoms. The van der Waals surface area contributed by atoms with E-state index in [1.165, 1.54) is 12.2 Å². The first-order valence-electron chi connectivity index (χ1n) is 7.95. The predicted octanol–water partition coefficient (Wildman–Crippen LogP) is 3.51. The Morgan fingerprint density at radius 3 is 2.62 bits per heavy atom. The lowest BCUT2D eigenvalue weighted by Crippen LogP contribution is -2.07. The maximum Gasteiger partial charge on any atom is 0.306 e. The highest BCUT2D eigenvalue weighted by Gasteiger charge is 2.08. The van der Waals surface area contributed by atoms with Gasteiger partial charge in [0.15, 0.2) is 0 Å². The quantitative estimate of drug-likeness (QED) is 0.396. The van der Waals surface area contributed by atoms with E-state index in [2.05, 4.69) is 20.3 Å². The number of amides is 1. The van der Waals surface area contributed by atoms with Crippen molar-refractivity contribution >= 4 is 24.0 Å². The molecule has 144 valence electrons. The van der Waals surface area contributed by atoms with Crippen LogP contribution in [0.4, 0.5) is 4.39 Å². The molecule has 1 aromatic heterocycles. The lowest BCUT2D eigenvalue weighted by molar-refractivity contribution is -0.143. The SMILES string of the molecule is CCOC(=O)CCc1nonc1C.CC\C(Cl)=C/C(=C\C=C\F)NC=O. The minimum Gasteiger partial charge on any atom is -0.466 e. The molecule has 0 atom stereocenters. The molecule has 1 amide bonds. The molecule has 0 aliphatic carbocycles. The van der Waals surface area contributed by atoms with Gasteiger partial charge in [-0.2, -0.15) is 0 Å². The molecular weight excluding hydrogens is 365 g/mol. The number of aryl methyl sites for hydroxylation is 2. The van der Waals surface area contributed by atoms with Crippen molar-refractivity contribution in [3.8, 4) is 0 Å². The summed E-state index contributed by atoms with van der Waals surface area (Å²) in [6.07, 6.45) is 6.54. The first-order chi connectivity index (χ1) is 12.5. The van der Waals surface area contributed by atoms with Crippen molar-refractivity contribution in [2.24, 2.45) is 0 Å². The number of aromatic nitrogens is 2. The largest absolute Gasteiger partial charge is 0.466 e. The molecule has 0 aliphatic heterocycles. The Labute approximate surface area is 156 Å². The monoisotopic (exact) mass is 387 g/mol. The number of nitrogens with zero attached hydrogens (tertiary/aromatic N) is 2. The van der Waals surface area contributed by atoms with Gasteiger partial charge in [0.05, 0.1) is 19.4 Å². The molecule has 0 aliphatic rings. The van der Waals surface area contributed by atoms with Gasteiger partial charge >= 0.3 is 5.97 Å². The van der Waals surface area contributed by atoms with Gasteiger partial charge in [-0.3, -0.25) is 9.59 Å². The molecule has 1 aromatic rings. The van der Waals surface area contributed by atoms with Crippen LogP contribution in [0.3, 0.4) is 0 Å². The van der Waals surface area contributed by atoms with E-state index in [1.54, 1.807) is 19.9 Å². The van der Waals surface area contributed by atoms with E-state index in [4.69, 9.17) is 16.3 Å². The summed E-state index contributed by atoms with van der Waals surface area (Å²) < 4.78 is 20.9. The molecule has 7 nitrogen and oxygen atoms in total. The van der Waals surface area contributed by atoms with Crippen molar-refractivity contribution in [3.63, 3.8) is 0 Å². The highest BCUT2D eigenvalue weighted by Crippen LogP contribution is 2.08. The van der Waals surface area contributed by atoms with Crippen molar-refractivity contribution in [1.82, 2.24) is 15.6 Å². The van der Waals surface area contributed by atoms with Crippen LogP contribution >= 0.6 is 11.6 Å². The molecule has 0 saturated heterocycles. The molecule has 0 aromatic carbocycles. The molecular formula is C17H23ClFN3O4. The first kappa shape index (κ1) is 23.5. The third kappa shape index (κ3) is 11.1. The summed E-state index contributed by atoms with van der Waals surface area (Å²) in [6.45, 7) is 5.86. The summed E-state index contributed by atoms with van der Waals surface area (Å²) in [7, 11) is 0. The minimum absolute atomic E-state index is 0.218. The molecule has 26 heavy (non-hydrogen) atoms. The second-order valence-corrected chi connectivity index (χ2v) is 5.23. The molecule has 0 radical (unpaired) electrons. The number of ether oxygens (including phenoxy) is 1. The highest BCUT2D eigenvalue weighted by atomic mass is 35.5. The minimum atomic E-state index is -0.218. The maximum atomic E-state index is 11.6. The first-order valence-corrected chi connectivity index (χ1v) is 8.33. The van der Waals surface area contributed by atoms with Gasteiger partial charge in [0.25, 0.3) is 0 Å². The number of esters is 1. The van der Waals surface area contributed by atoms with Crippen LogP contribution in [0.15, 0.2) is 39.9 Å². The Bertz CT molecular complexity index is 642. The molecule has 1 N–H and O–H groups in total. The van der Waals surface area contributed by atoms with E-state index in [0.29, 0.717) is 55.0 Å². The van der Waals surface area contributed by atoms with Gasteiger partial charge in [-0.05, 0) is 38.5 Å². The highest BCUT2D eigenvalue weighted by molar-refractivity contribution is 6.29. The number of carbonyl (C=O) groups is 2. The standard InChI is InChI=1S/C9H11ClFNO.C8H12N2O3/c1-2-8(10)6-9(12-7-13)4-3-5-11;1-3-12-8(11)5-4-7-6(2)9-13-10-7/h3-7H,2H2,1H3,(H,12,13);3-5H2,1-2H3/b5-3+,8-6+,9-4+;. The average Bonchev–Trinajstić information content (AvgIpc) is 3.03. The second-order valence-electron chi connectivity index (χ2n) is 4.75. The van der Waals surface area contributed by atoms with E-state index >= 15 is 0 Å². The van der Waals surface area contributed by atoms with Gasteiger partial charge in [-0.1, -0.05) is 28.8 Å². The number of rotatable bonds is 9. The number of carbonyl (C=O) groups excluding carboxylic acids is 2. The summed E-state index contributed by atoms with van der Waals surface area (Å²) in [6, 6.07) is 0. The molecule has 1 heterocycles. The Kier molecular flexibility index (Phi) is 13.4. The lowest BCUT2D eigenvalue weighted by atomic mass is 10.2. The van der Waals surface area contributed by atoms with Gasteiger partial charge in [0.1, 0.15) is 11.4 Å². The van der Waals surface area contributed by atoms with E-state index in [1.807, 2.05) is 6.92 Å². The second kappa shape index (κ2) is 14.8. The van der Waals surface area contributed by atoms with Crippen LogP contribution in [0.5, 0.6) is 0 Å². The maximum absolute atomic E-state index is 11.6. The van der Waals surface area contributed by atoms with Crippen molar-refractivity contribution in [2.45, 2.75) is 40.0 Å². The van der Waals surface area contributed by atoms with Gasteiger partial charge in [0, 0.05) is 17.2 Å². The molecule has 1 rings (SSSR count). The average molecular weight is 388 g/mol. The van der Waals surface area contributed by atoms with Crippen molar-refractivity contribution in [3.05, 3.63) is 46.7 Å². The van der Waals surface area contributed by atoms with Crippen molar-refractivity contribution < 1.29 is 23.3 Å². The Hall–Kier alpha value is -2.48. The number of allylic oxidation sites excluding steroid dienone is 4. The molecule has 9 heteroatoms. The lowest BCUT2D eigenvalue weighted by Gasteiger charge is -1.98. The zero-order valence-corrected chi connectivity index (χ0v) is 15.8. The van der Waals surface area contributed by atoms with Crippen molar-refractivity contribution in [2.75, 3.05) is 6.61 Å². The Balaban J connectivity index is 0.000000481. The van der Waals surface area contributed by atoms with E-state index in [0.717, 1.165) is 5.69 Å².